The number of para-hydroxylation sites is 2. The Hall–Kier alpha value is -3.35. The highest BCUT2D eigenvalue weighted by molar-refractivity contribution is 5.98. The molecule has 6 heteroatoms. The molecule has 0 radical (unpaired) electrons. The number of rotatable bonds is 8. The Bertz CT molecular complexity index is 1220. The van der Waals surface area contributed by atoms with E-state index in [4.69, 9.17) is 9.47 Å². The van der Waals surface area contributed by atoms with Gasteiger partial charge >= 0.3 is 0 Å². The van der Waals surface area contributed by atoms with E-state index in [1.807, 2.05) is 59.3 Å². The molecule has 0 aliphatic heterocycles. The third-order valence-electron chi connectivity index (χ3n) is 5.70. The zero-order valence-electron chi connectivity index (χ0n) is 18.4. The molecule has 0 aliphatic rings. The standard InChI is InChI=1S/C26H27FN2O3/c1-28-15-23(30)25(17-8-6-9-18(27)14-17)29-16-21(19-10-4-5-12-22(19)29)20-11-7-13-24(31-2)26(20)32-3/h4-14,16,23,25,28,30H,15H2,1-3H3/t23-,25+/m1/s1. The van der Waals surface area contributed by atoms with Crippen LogP contribution in [0.4, 0.5) is 4.39 Å². The van der Waals surface area contributed by atoms with Crippen LogP contribution >= 0.6 is 0 Å². The van der Waals surface area contributed by atoms with E-state index in [-0.39, 0.29) is 5.82 Å². The van der Waals surface area contributed by atoms with E-state index in [1.54, 1.807) is 27.3 Å². The molecular formula is C26H27FN2O3. The number of likely N-dealkylation sites (N-methyl/N-ethyl adjacent to an activating group) is 1. The summed E-state index contributed by atoms with van der Waals surface area (Å²) in [7, 11) is 5.01. The third kappa shape index (κ3) is 3.95. The molecule has 4 rings (SSSR count). The Morgan fingerprint density at radius 3 is 2.47 bits per heavy atom. The fourth-order valence-electron chi connectivity index (χ4n) is 4.33. The number of hydrogen-bond donors (Lipinski definition) is 2. The maximum absolute atomic E-state index is 14.1. The van der Waals surface area contributed by atoms with E-state index in [0.29, 0.717) is 23.6 Å². The minimum Gasteiger partial charge on any atom is -0.493 e. The average molecular weight is 435 g/mol. The van der Waals surface area contributed by atoms with Crippen molar-refractivity contribution in [3.63, 3.8) is 0 Å². The predicted molar refractivity (Wildman–Crippen MR) is 125 cm³/mol. The highest BCUT2D eigenvalue weighted by atomic mass is 19.1. The molecule has 3 aromatic carbocycles. The lowest BCUT2D eigenvalue weighted by Crippen LogP contribution is -2.33. The Kier molecular flexibility index (Phi) is 6.44. The number of methoxy groups -OCH3 is 2. The molecule has 0 fully saturated rings. The van der Waals surface area contributed by atoms with Crippen LogP contribution in [0, 0.1) is 5.82 Å². The van der Waals surface area contributed by atoms with Crippen molar-refractivity contribution in [2.75, 3.05) is 27.8 Å². The van der Waals surface area contributed by atoms with Gasteiger partial charge in [0.2, 0.25) is 0 Å². The third-order valence-corrected chi connectivity index (χ3v) is 5.70. The molecule has 0 amide bonds. The lowest BCUT2D eigenvalue weighted by atomic mass is 10.0. The zero-order chi connectivity index (χ0) is 22.7. The van der Waals surface area contributed by atoms with E-state index in [1.165, 1.54) is 12.1 Å². The van der Waals surface area contributed by atoms with E-state index in [0.717, 1.165) is 22.0 Å². The van der Waals surface area contributed by atoms with Gasteiger partial charge in [-0.05, 0) is 36.9 Å². The summed E-state index contributed by atoms with van der Waals surface area (Å²) in [6.45, 7) is 0.353. The largest absolute Gasteiger partial charge is 0.493 e. The normalized spacial score (nSPS) is 13.2. The lowest BCUT2D eigenvalue weighted by molar-refractivity contribution is 0.132. The Morgan fingerprint density at radius 1 is 0.969 bits per heavy atom. The number of aliphatic hydroxyl groups is 1. The monoisotopic (exact) mass is 434 g/mol. The fourth-order valence-corrected chi connectivity index (χ4v) is 4.33. The number of ether oxygens (including phenoxy) is 2. The quantitative estimate of drug-likeness (QED) is 0.424. The first-order valence-electron chi connectivity index (χ1n) is 10.5. The smallest absolute Gasteiger partial charge is 0.168 e. The first-order chi connectivity index (χ1) is 15.6. The van der Waals surface area contributed by atoms with Gasteiger partial charge in [-0.25, -0.2) is 4.39 Å². The molecule has 0 saturated heterocycles. The van der Waals surface area contributed by atoms with Crippen molar-refractivity contribution in [2.45, 2.75) is 12.1 Å². The molecular weight excluding hydrogens is 407 g/mol. The maximum Gasteiger partial charge on any atom is 0.168 e. The van der Waals surface area contributed by atoms with Crippen LogP contribution < -0.4 is 14.8 Å². The first-order valence-corrected chi connectivity index (χ1v) is 10.5. The minimum atomic E-state index is -0.780. The summed E-state index contributed by atoms with van der Waals surface area (Å²) in [5.74, 6) is 0.935. The summed E-state index contributed by atoms with van der Waals surface area (Å²) in [6.07, 6.45) is 1.22. The zero-order valence-corrected chi connectivity index (χ0v) is 18.4. The Labute approximate surface area is 187 Å². The molecule has 4 aromatic rings. The van der Waals surface area contributed by atoms with Crippen molar-refractivity contribution >= 4 is 10.9 Å². The van der Waals surface area contributed by atoms with Crippen molar-refractivity contribution in [3.05, 3.63) is 84.3 Å². The molecule has 0 unspecified atom stereocenters. The average Bonchev–Trinajstić information content (AvgIpc) is 3.18. The molecule has 166 valence electrons. The Balaban J connectivity index is 1.98. The highest BCUT2D eigenvalue weighted by Gasteiger charge is 2.26. The topological polar surface area (TPSA) is 55.7 Å². The number of aliphatic hydroxyl groups excluding tert-OH is 1. The molecule has 5 nitrogen and oxygen atoms in total. The van der Waals surface area contributed by atoms with E-state index in [2.05, 4.69) is 5.32 Å². The number of halogens is 1. The van der Waals surface area contributed by atoms with Gasteiger partial charge in [0, 0.05) is 34.8 Å². The summed E-state index contributed by atoms with van der Waals surface area (Å²) in [5, 5.41) is 15.1. The summed E-state index contributed by atoms with van der Waals surface area (Å²) in [5.41, 5.74) is 3.44. The van der Waals surface area contributed by atoms with Gasteiger partial charge in [0.25, 0.3) is 0 Å². The maximum atomic E-state index is 14.1. The number of benzene rings is 3. The summed E-state index contributed by atoms with van der Waals surface area (Å²) < 4.78 is 27.3. The van der Waals surface area contributed by atoms with Crippen LogP contribution in [0.5, 0.6) is 11.5 Å². The molecule has 1 aromatic heterocycles. The van der Waals surface area contributed by atoms with Crippen LogP contribution in [0.1, 0.15) is 11.6 Å². The van der Waals surface area contributed by atoms with Crippen molar-refractivity contribution < 1.29 is 19.0 Å². The van der Waals surface area contributed by atoms with Crippen LogP contribution in [0.3, 0.4) is 0 Å². The van der Waals surface area contributed by atoms with Crippen molar-refractivity contribution in [1.82, 2.24) is 9.88 Å². The highest BCUT2D eigenvalue weighted by Crippen LogP contribution is 2.42. The minimum absolute atomic E-state index is 0.338. The molecule has 0 bridgehead atoms. The number of hydrogen-bond acceptors (Lipinski definition) is 4. The molecule has 32 heavy (non-hydrogen) atoms. The van der Waals surface area contributed by atoms with Gasteiger partial charge in [-0.15, -0.1) is 0 Å². The molecule has 2 N–H and O–H groups in total. The molecule has 2 atom stereocenters. The predicted octanol–water partition coefficient (Wildman–Crippen LogP) is 4.63. The van der Waals surface area contributed by atoms with Gasteiger partial charge in [-0.2, -0.15) is 0 Å². The fraction of sp³-hybridized carbons (Fsp3) is 0.231. The number of fused-ring (bicyclic) bond motifs is 1. The molecule has 0 saturated carbocycles. The van der Waals surface area contributed by atoms with Gasteiger partial charge in [0.1, 0.15) is 5.82 Å². The van der Waals surface area contributed by atoms with E-state index >= 15 is 0 Å². The number of nitrogens with zero attached hydrogens (tertiary/aromatic N) is 1. The second-order valence-corrected chi connectivity index (χ2v) is 7.63. The van der Waals surface area contributed by atoms with E-state index in [9.17, 15) is 9.50 Å². The summed E-state index contributed by atoms with van der Waals surface area (Å²) in [6, 6.07) is 19.6. The summed E-state index contributed by atoms with van der Waals surface area (Å²) >= 11 is 0. The van der Waals surface area contributed by atoms with Crippen LogP contribution in [-0.2, 0) is 0 Å². The van der Waals surface area contributed by atoms with Gasteiger partial charge in [-0.1, -0.05) is 42.5 Å². The molecule has 1 heterocycles. The second kappa shape index (κ2) is 9.42. The van der Waals surface area contributed by atoms with Crippen LogP contribution in [0.2, 0.25) is 0 Å². The van der Waals surface area contributed by atoms with Gasteiger partial charge < -0.3 is 24.5 Å². The van der Waals surface area contributed by atoms with Gasteiger partial charge in [-0.3, -0.25) is 0 Å². The van der Waals surface area contributed by atoms with Crippen molar-refractivity contribution in [1.29, 1.82) is 0 Å². The lowest BCUT2D eigenvalue weighted by Gasteiger charge is -2.26. The van der Waals surface area contributed by atoms with E-state index < -0.39 is 12.1 Å². The van der Waals surface area contributed by atoms with Gasteiger partial charge in [0.15, 0.2) is 11.5 Å². The summed E-state index contributed by atoms with van der Waals surface area (Å²) in [4.78, 5) is 0. The van der Waals surface area contributed by atoms with Crippen LogP contribution in [0.25, 0.3) is 22.0 Å². The van der Waals surface area contributed by atoms with Gasteiger partial charge in [0.05, 0.1) is 26.4 Å². The number of aromatic nitrogens is 1. The van der Waals surface area contributed by atoms with Crippen LogP contribution in [0.15, 0.2) is 72.9 Å². The van der Waals surface area contributed by atoms with Crippen molar-refractivity contribution in [3.8, 4) is 22.6 Å². The Morgan fingerprint density at radius 2 is 1.75 bits per heavy atom. The molecule has 0 aliphatic carbocycles. The second-order valence-electron chi connectivity index (χ2n) is 7.63. The van der Waals surface area contributed by atoms with Crippen molar-refractivity contribution in [2.24, 2.45) is 0 Å². The SMILES string of the molecule is CNC[C@@H](O)[C@H](c1cccc(F)c1)n1cc(-c2cccc(OC)c2OC)c2ccccc21. The molecule has 0 spiro atoms. The number of nitrogens with one attached hydrogen (secondary N) is 1. The first kappa shape index (κ1) is 21.9. The van der Waals surface area contributed by atoms with Crippen LogP contribution in [-0.4, -0.2) is 43.6 Å².